The van der Waals surface area contributed by atoms with E-state index in [0.29, 0.717) is 11.3 Å². The highest BCUT2D eigenvalue weighted by molar-refractivity contribution is 5.95. The predicted molar refractivity (Wildman–Crippen MR) is 87.7 cm³/mol. The number of nitro benzene ring substituents is 1. The second kappa shape index (κ2) is 8.20. The van der Waals surface area contributed by atoms with Crippen LogP contribution in [0.2, 0.25) is 0 Å². The lowest BCUT2D eigenvalue weighted by atomic mass is 10.2. The van der Waals surface area contributed by atoms with Crippen molar-refractivity contribution in [3.05, 3.63) is 69.8 Å². The summed E-state index contributed by atoms with van der Waals surface area (Å²) in [5.41, 5.74) is 2.84. The highest BCUT2D eigenvalue weighted by Gasteiger charge is 2.09. The molecule has 0 unspecified atom stereocenters. The summed E-state index contributed by atoms with van der Waals surface area (Å²) in [7, 11) is 0. The molecule has 0 fully saturated rings. The number of nitro groups is 1. The number of hydrazone groups is 1. The van der Waals surface area contributed by atoms with E-state index in [2.05, 4.69) is 10.5 Å². The molecule has 0 bridgehead atoms. The van der Waals surface area contributed by atoms with E-state index in [-0.39, 0.29) is 11.3 Å². The normalized spacial score (nSPS) is 10.4. The van der Waals surface area contributed by atoms with Crippen LogP contribution in [0.1, 0.15) is 15.9 Å². The molecular formula is C16H13N3O6. The SMILES string of the molecule is O=C(O)COc1ccccc1/C=N\NC(=O)c1ccc([N+](=O)[O-])cc1. The summed E-state index contributed by atoms with van der Waals surface area (Å²) in [5, 5.41) is 23.0. The third-order valence-electron chi connectivity index (χ3n) is 2.98. The second-order valence-electron chi connectivity index (χ2n) is 4.72. The number of benzene rings is 2. The number of carbonyl (C=O) groups is 2. The number of carbonyl (C=O) groups excluding carboxylic acids is 1. The lowest BCUT2D eigenvalue weighted by Crippen LogP contribution is -2.17. The van der Waals surface area contributed by atoms with Crippen LogP contribution in [-0.4, -0.2) is 34.7 Å². The highest BCUT2D eigenvalue weighted by atomic mass is 16.6. The number of carboxylic acids is 1. The first-order chi connectivity index (χ1) is 12.0. The van der Waals surface area contributed by atoms with Gasteiger partial charge in [0.1, 0.15) is 5.75 Å². The molecule has 0 aliphatic rings. The Bertz CT molecular complexity index is 817. The molecule has 9 nitrogen and oxygen atoms in total. The predicted octanol–water partition coefficient (Wildman–Crippen LogP) is 1.82. The summed E-state index contributed by atoms with van der Waals surface area (Å²) in [6.07, 6.45) is 1.31. The minimum absolute atomic E-state index is 0.121. The van der Waals surface area contributed by atoms with Gasteiger partial charge in [0.15, 0.2) is 6.61 Å². The number of carboxylic acid groups (broad SMARTS) is 1. The van der Waals surface area contributed by atoms with Crippen LogP contribution in [0.15, 0.2) is 53.6 Å². The molecule has 0 atom stereocenters. The molecule has 128 valence electrons. The third-order valence-corrected chi connectivity index (χ3v) is 2.98. The summed E-state index contributed by atoms with van der Waals surface area (Å²) in [6, 6.07) is 11.6. The number of non-ortho nitro benzene ring substituents is 1. The summed E-state index contributed by atoms with van der Waals surface area (Å²) >= 11 is 0. The maximum atomic E-state index is 11.9. The maximum absolute atomic E-state index is 11.9. The highest BCUT2D eigenvalue weighted by Crippen LogP contribution is 2.15. The van der Waals surface area contributed by atoms with Crippen LogP contribution in [0.25, 0.3) is 0 Å². The van der Waals surface area contributed by atoms with Crippen molar-refractivity contribution in [1.82, 2.24) is 5.43 Å². The second-order valence-corrected chi connectivity index (χ2v) is 4.72. The Morgan fingerprint density at radius 3 is 2.52 bits per heavy atom. The van der Waals surface area contributed by atoms with Crippen LogP contribution in [0.3, 0.4) is 0 Å². The molecule has 0 saturated carbocycles. The molecule has 0 radical (unpaired) electrons. The molecule has 2 aromatic carbocycles. The van der Waals surface area contributed by atoms with Gasteiger partial charge in [0.25, 0.3) is 11.6 Å². The van der Waals surface area contributed by atoms with Gasteiger partial charge in [-0.1, -0.05) is 12.1 Å². The van der Waals surface area contributed by atoms with E-state index in [0.717, 1.165) is 0 Å². The number of hydrogen-bond acceptors (Lipinski definition) is 6. The molecule has 0 saturated heterocycles. The lowest BCUT2D eigenvalue weighted by Gasteiger charge is -2.06. The van der Waals surface area contributed by atoms with E-state index in [1.807, 2.05) is 0 Å². The van der Waals surface area contributed by atoms with Crippen LogP contribution in [0.4, 0.5) is 5.69 Å². The van der Waals surface area contributed by atoms with Crippen molar-refractivity contribution < 1.29 is 24.4 Å². The first-order valence-electron chi connectivity index (χ1n) is 6.99. The average Bonchev–Trinajstić information content (AvgIpc) is 2.60. The Kier molecular flexibility index (Phi) is 5.77. The molecule has 0 spiro atoms. The van der Waals surface area contributed by atoms with Crippen molar-refractivity contribution in [1.29, 1.82) is 0 Å². The lowest BCUT2D eigenvalue weighted by molar-refractivity contribution is -0.384. The molecule has 1 amide bonds. The van der Waals surface area contributed by atoms with E-state index in [9.17, 15) is 19.7 Å². The maximum Gasteiger partial charge on any atom is 0.341 e. The van der Waals surface area contributed by atoms with Gasteiger partial charge in [-0.25, -0.2) is 10.2 Å². The summed E-state index contributed by atoms with van der Waals surface area (Å²) in [6.45, 7) is -0.500. The van der Waals surface area contributed by atoms with Crippen molar-refractivity contribution >= 4 is 23.8 Å². The quantitative estimate of drug-likeness (QED) is 0.448. The first-order valence-corrected chi connectivity index (χ1v) is 6.99. The van der Waals surface area contributed by atoms with Crippen molar-refractivity contribution in [2.24, 2.45) is 5.10 Å². The molecule has 0 heterocycles. The molecular weight excluding hydrogens is 330 g/mol. The minimum atomic E-state index is -1.11. The van der Waals surface area contributed by atoms with Crippen LogP contribution in [0.5, 0.6) is 5.75 Å². The molecule has 25 heavy (non-hydrogen) atoms. The van der Waals surface area contributed by atoms with E-state index in [1.165, 1.54) is 30.5 Å². The number of hydrogen-bond donors (Lipinski definition) is 2. The number of ether oxygens (including phenoxy) is 1. The number of aliphatic carboxylic acids is 1. The summed E-state index contributed by atoms with van der Waals surface area (Å²) < 4.78 is 5.11. The van der Waals surface area contributed by atoms with Crippen molar-refractivity contribution in [3.8, 4) is 5.75 Å². The standard InChI is InChI=1S/C16H13N3O6/c20-15(21)10-25-14-4-2-1-3-12(14)9-17-18-16(22)11-5-7-13(8-6-11)19(23)24/h1-9H,10H2,(H,18,22)(H,20,21)/b17-9-. The zero-order valence-electron chi connectivity index (χ0n) is 12.8. The van der Waals surface area contributed by atoms with Gasteiger partial charge in [-0.05, 0) is 24.3 Å². The smallest absolute Gasteiger partial charge is 0.341 e. The fraction of sp³-hybridized carbons (Fsp3) is 0.0625. The minimum Gasteiger partial charge on any atom is -0.481 e. The van der Waals surface area contributed by atoms with Gasteiger partial charge in [0, 0.05) is 23.3 Å². The van der Waals surface area contributed by atoms with Crippen LogP contribution in [0, 0.1) is 10.1 Å². The molecule has 0 aliphatic heterocycles. The van der Waals surface area contributed by atoms with Crippen molar-refractivity contribution in [2.45, 2.75) is 0 Å². The number of amides is 1. The largest absolute Gasteiger partial charge is 0.481 e. The zero-order chi connectivity index (χ0) is 18.2. The van der Waals surface area contributed by atoms with Crippen LogP contribution >= 0.6 is 0 Å². The Labute approximate surface area is 141 Å². The Hall–Kier alpha value is -3.75. The van der Waals surface area contributed by atoms with Gasteiger partial charge in [-0.3, -0.25) is 14.9 Å². The van der Waals surface area contributed by atoms with Gasteiger partial charge in [0.05, 0.1) is 11.1 Å². The number of nitrogens with one attached hydrogen (secondary N) is 1. The van der Waals surface area contributed by atoms with E-state index in [4.69, 9.17) is 9.84 Å². The van der Waals surface area contributed by atoms with Gasteiger partial charge in [0.2, 0.25) is 0 Å². The van der Waals surface area contributed by atoms with Crippen molar-refractivity contribution in [2.75, 3.05) is 6.61 Å². The topological polar surface area (TPSA) is 131 Å². The van der Waals surface area contributed by atoms with Gasteiger partial charge < -0.3 is 9.84 Å². The Morgan fingerprint density at radius 2 is 1.88 bits per heavy atom. The van der Waals surface area contributed by atoms with Gasteiger partial charge >= 0.3 is 5.97 Å². The van der Waals surface area contributed by atoms with Crippen molar-refractivity contribution in [3.63, 3.8) is 0 Å². The number of rotatable bonds is 7. The first kappa shape index (κ1) is 17.6. The molecule has 0 aromatic heterocycles. The Morgan fingerprint density at radius 1 is 1.20 bits per heavy atom. The molecule has 9 heteroatoms. The van der Waals surface area contributed by atoms with E-state index >= 15 is 0 Å². The molecule has 2 rings (SSSR count). The van der Waals surface area contributed by atoms with Gasteiger partial charge in [-0.15, -0.1) is 0 Å². The van der Waals surface area contributed by atoms with Crippen LogP contribution < -0.4 is 10.2 Å². The number of nitrogens with zero attached hydrogens (tertiary/aromatic N) is 2. The summed E-state index contributed by atoms with van der Waals surface area (Å²) in [5.74, 6) is -1.36. The average molecular weight is 343 g/mol. The van der Waals surface area contributed by atoms with Gasteiger partial charge in [-0.2, -0.15) is 5.10 Å². The zero-order valence-corrected chi connectivity index (χ0v) is 12.8. The Balaban J connectivity index is 2.01. The fourth-order valence-electron chi connectivity index (χ4n) is 1.82. The fourth-order valence-corrected chi connectivity index (χ4v) is 1.82. The summed E-state index contributed by atoms with van der Waals surface area (Å²) in [4.78, 5) is 32.5. The number of para-hydroxylation sites is 1. The molecule has 0 aliphatic carbocycles. The van der Waals surface area contributed by atoms with E-state index in [1.54, 1.807) is 24.3 Å². The third kappa shape index (κ3) is 5.13. The van der Waals surface area contributed by atoms with Crippen LogP contribution in [-0.2, 0) is 4.79 Å². The van der Waals surface area contributed by atoms with E-state index < -0.39 is 23.4 Å². The molecule has 2 N–H and O–H groups in total. The monoisotopic (exact) mass is 343 g/mol. The molecule has 2 aromatic rings.